The molecule has 0 fully saturated rings. The number of rotatable bonds is 5. The summed E-state index contributed by atoms with van der Waals surface area (Å²) in [5, 5.41) is 14.2. The van der Waals surface area contributed by atoms with Gasteiger partial charge in [-0.15, -0.1) is 0 Å². The predicted octanol–water partition coefficient (Wildman–Crippen LogP) is 4.78. The minimum Gasteiger partial charge on any atom is -0.483 e. The van der Waals surface area contributed by atoms with Gasteiger partial charge in [0.1, 0.15) is 22.6 Å². The highest BCUT2D eigenvalue weighted by Gasteiger charge is 2.23. The zero-order chi connectivity index (χ0) is 25.5. The minimum absolute atomic E-state index is 0.0523. The average Bonchev–Trinajstić information content (AvgIpc) is 2.81. The molecule has 0 aliphatic rings. The van der Waals surface area contributed by atoms with Crippen molar-refractivity contribution < 1.29 is 17.6 Å². The lowest BCUT2D eigenvalue weighted by molar-refractivity contribution is 0.219. The van der Waals surface area contributed by atoms with Gasteiger partial charge in [0.2, 0.25) is 5.03 Å². The summed E-state index contributed by atoms with van der Waals surface area (Å²) in [7, 11) is -4.21. The third kappa shape index (κ3) is 4.77. The van der Waals surface area contributed by atoms with Crippen molar-refractivity contribution in [2.24, 2.45) is 5.14 Å². The molecule has 2 aromatic heterocycles. The largest absolute Gasteiger partial charge is 0.483 e. The Hall–Kier alpha value is -3.71. The fourth-order valence-electron chi connectivity index (χ4n) is 3.79. The van der Waals surface area contributed by atoms with Crippen molar-refractivity contribution in [1.82, 2.24) is 4.98 Å². The molecule has 0 spiro atoms. The van der Waals surface area contributed by atoms with Crippen LogP contribution in [0.1, 0.15) is 35.3 Å². The summed E-state index contributed by atoms with van der Waals surface area (Å²) in [6.45, 7) is 5.20. The van der Waals surface area contributed by atoms with Gasteiger partial charge in [0.25, 0.3) is 10.0 Å². The van der Waals surface area contributed by atoms with Crippen LogP contribution in [0.15, 0.2) is 62.8 Å². The number of aryl methyl sites for hydroxylation is 1. The van der Waals surface area contributed by atoms with Crippen LogP contribution in [0.4, 0.5) is 0 Å². The quantitative estimate of drug-likeness (QED) is 0.382. The molecule has 0 bridgehead atoms. The lowest BCUT2D eigenvalue weighted by atomic mass is 9.99. The summed E-state index contributed by atoms with van der Waals surface area (Å²) in [5.41, 5.74) is 2.96. The molecule has 0 unspecified atom stereocenters. The van der Waals surface area contributed by atoms with Crippen molar-refractivity contribution in [2.45, 2.75) is 31.9 Å². The van der Waals surface area contributed by atoms with E-state index in [0.717, 1.165) is 5.56 Å². The molecule has 10 heteroatoms. The lowest BCUT2D eigenvalue weighted by Gasteiger charge is -2.19. The number of benzene rings is 2. The van der Waals surface area contributed by atoms with Crippen LogP contribution >= 0.6 is 11.6 Å². The molecule has 4 rings (SSSR count). The van der Waals surface area contributed by atoms with Gasteiger partial charge in [-0.2, -0.15) is 5.26 Å². The van der Waals surface area contributed by atoms with Crippen molar-refractivity contribution in [3.8, 4) is 23.1 Å². The van der Waals surface area contributed by atoms with E-state index in [2.05, 4.69) is 11.1 Å². The molecule has 4 aromatic rings. The summed E-state index contributed by atoms with van der Waals surface area (Å²) in [5.74, 6) is 0.281. The van der Waals surface area contributed by atoms with Crippen molar-refractivity contribution in [2.75, 3.05) is 0 Å². The average molecular weight is 510 g/mol. The predicted molar refractivity (Wildman–Crippen MR) is 132 cm³/mol. The SMILES string of the molecule is Cc1cc([C@@H](C)Oc2ccc(Cl)nc2S(N)(=O)=O)c2oc(-c3ccc(C#N)cc3)c(C)c(=O)c2c1. The monoisotopic (exact) mass is 509 g/mol. The van der Waals surface area contributed by atoms with E-state index in [1.807, 2.05) is 6.92 Å². The van der Waals surface area contributed by atoms with E-state index in [1.165, 1.54) is 12.1 Å². The number of nitriles is 1. The number of hydrogen-bond donors (Lipinski definition) is 1. The Balaban J connectivity index is 1.89. The van der Waals surface area contributed by atoms with Gasteiger partial charge in [0, 0.05) is 16.7 Å². The Kier molecular flexibility index (Phi) is 6.38. The van der Waals surface area contributed by atoms with Gasteiger partial charge >= 0.3 is 0 Å². The fraction of sp³-hybridized carbons (Fsp3) is 0.160. The number of pyridine rings is 1. The Bertz CT molecular complexity index is 1670. The van der Waals surface area contributed by atoms with Crippen LogP contribution in [0.3, 0.4) is 0 Å². The number of ether oxygens (including phenoxy) is 1. The Morgan fingerprint density at radius 2 is 1.83 bits per heavy atom. The summed E-state index contributed by atoms with van der Waals surface area (Å²) in [4.78, 5) is 17.1. The van der Waals surface area contributed by atoms with E-state index in [-0.39, 0.29) is 16.3 Å². The number of nitrogens with zero attached hydrogens (tertiary/aromatic N) is 2. The maximum atomic E-state index is 13.3. The van der Waals surface area contributed by atoms with Gasteiger partial charge in [-0.05, 0) is 74.9 Å². The minimum atomic E-state index is -4.21. The number of nitrogens with two attached hydrogens (primary N) is 1. The number of primary sulfonamides is 1. The van der Waals surface area contributed by atoms with Crippen molar-refractivity contribution >= 4 is 32.6 Å². The second kappa shape index (κ2) is 9.15. The molecule has 35 heavy (non-hydrogen) atoms. The first-order valence-corrected chi connectivity index (χ1v) is 12.4. The van der Waals surface area contributed by atoms with E-state index >= 15 is 0 Å². The second-order valence-corrected chi connectivity index (χ2v) is 9.91. The van der Waals surface area contributed by atoms with E-state index in [1.54, 1.807) is 50.2 Å². The molecule has 0 aliphatic carbocycles. The van der Waals surface area contributed by atoms with Gasteiger partial charge in [0.05, 0.1) is 17.0 Å². The molecule has 2 aromatic carbocycles. The van der Waals surface area contributed by atoms with Crippen molar-refractivity contribution in [3.63, 3.8) is 0 Å². The van der Waals surface area contributed by atoms with Crippen LogP contribution in [0, 0.1) is 25.2 Å². The topological polar surface area (TPSA) is 136 Å². The summed E-state index contributed by atoms with van der Waals surface area (Å²) in [6.07, 6.45) is -0.749. The molecule has 0 saturated heterocycles. The Morgan fingerprint density at radius 1 is 1.14 bits per heavy atom. The smallest absolute Gasteiger partial charge is 0.259 e. The number of aromatic nitrogens is 1. The highest BCUT2D eigenvalue weighted by molar-refractivity contribution is 7.89. The Labute approximate surface area is 206 Å². The van der Waals surface area contributed by atoms with Gasteiger partial charge in [-0.1, -0.05) is 11.6 Å². The number of hydrogen-bond acceptors (Lipinski definition) is 7. The van der Waals surface area contributed by atoms with Crippen LogP contribution in [-0.4, -0.2) is 13.4 Å². The number of halogens is 1. The van der Waals surface area contributed by atoms with Crippen molar-refractivity contribution in [3.05, 3.63) is 86.2 Å². The standard InChI is InChI=1S/C25H20ClN3O5S/c1-13-10-18(15(3)33-20-8-9-21(26)29-25(20)35(28,31)32)24-19(11-13)22(30)14(2)23(34-24)17-6-4-16(12-27)5-7-17/h4-11,15H,1-3H3,(H2,28,31,32)/t15-/m1/s1. The molecule has 0 amide bonds. The lowest BCUT2D eigenvalue weighted by Crippen LogP contribution is -2.17. The maximum absolute atomic E-state index is 13.3. The fourth-order valence-corrected chi connectivity index (χ4v) is 4.61. The molecule has 2 N–H and O–H groups in total. The highest BCUT2D eigenvalue weighted by Crippen LogP contribution is 2.34. The van der Waals surface area contributed by atoms with Crippen LogP contribution in [-0.2, 0) is 10.0 Å². The van der Waals surface area contributed by atoms with Gasteiger partial charge in [0.15, 0.2) is 11.2 Å². The molecule has 8 nitrogen and oxygen atoms in total. The van der Waals surface area contributed by atoms with Crippen LogP contribution in [0.5, 0.6) is 5.75 Å². The van der Waals surface area contributed by atoms with Gasteiger partial charge in [-0.25, -0.2) is 18.5 Å². The number of fused-ring (bicyclic) bond motifs is 1. The second-order valence-electron chi connectivity index (χ2n) is 8.05. The normalized spacial score (nSPS) is 12.3. The summed E-state index contributed by atoms with van der Waals surface area (Å²) < 4.78 is 36.2. The maximum Gasteiger partial charge on any atom is 0.259 e. The highest BCUT2D eigenvalue weighted by atomic mass is 35.5. The van der Waals surface area contributed by atoms with E-state index in [0.29, 0.717) is 39.0 Å². The molecule has 2 heterocycles. The zero-order valence-electron chi connectivity index (χ0n) is 19.0. The molecule has 0 aliphatic heterocycles. The molecular formula is C25H20ClN3O5S. The molecule has 0 radical (unpaired) electrons. The van der Waals surface area contributed by atoms with Crippen molar-refractivity contribution in [1.29, 1.82) is 5.26 Å². The zero-order valence-corrected chi connectivity index (χ0v) is 20.6. The van der Waals surface area contributed by atoms with Crippen LogP contribution in [0.2, 0.25) is 5.15 Å². The molecule has 0 saturated carbocycles. The molecular weight excluding hydrogens is 490 g/mol. The Morgan fingerprint density at radius 3 is 2.46 bits per heavy atom. The van der Waals surface area contributed by atoms with Crippen LogP contribution < -0.4 is 15.3 Å². The third-order valence-corrected chi connectivity index (χ3v) is 6.51. The first kappa shape index (κ1) is 24.4. The van der Waals surface area contributed by atoms with Gasteiger partial charge < -0.3 is 9.15 Å². The number of sulfonamides is 1. The summed E-state index contributed by atoms with van der Waals surface area (Å²) in [6, 6.07) is 15.0. The van der Waals surface area contributed by atoms with E-state index in [9.17, 15) is 13.2 Å². The molecule has 1 atom stereocenters. The van der Waals surface area contributed by atoms with E-state index < -0.39 is 21.2 Å². The van der Waals surface area contributed by atoms with Gasteiger partial charge in [-0.3, -0.25) is 4.79 Å². The molecule has 178 valence electrons. The first-order chi connectivity index (χ1) is 16.5. The van der Waals surface area contributed by atoms with Crippen LogP contribution in [0.25, 0.3) is 22.3 Å². The third-order valence-electron chi connectivity index (χ3n) is 5.47. The summed E-state index contributed by atoms with van der Waals surface area (Å²) >= 11 is 5.85. The van der Waals surface area contributed by atoms with E-state index in [4.69, 9.17) is 31.2 Å². The first-order valence-electron chi connectivity index (χ1n) is 10.4.